The molecule has 0 aromatic heterocycles. The van der Waals surface area contributed by atoms with Gasteiger partial charge in [-0.25, -0.2) is 0 Å². The second kappa shape index (κ2) is 10.2. The number of para-hydroxylation sites is 2. The maximum absolute atomic E-state index is 9.38. The summed E-state index contributed by atoms with van der Waals surface area (Å²) in [6.07, 6.45) is 0. The average molecular weight is 586 g/mol. The monoisotopic (exact) mass is 585 g/mol. The SMILES string of the molecule is N#Cc1ccc(-c2ccccc2-c2ccccc2-c2cccc3c2Oc2ccccc2C32c3ccccc3-c3ccccc32)cc1. The van der Waals surface area contributed by atoms with E-state index in [9.17, 15) is 5.26 Å². The minimum atomic E-state index is -0.511. The smallest absolute Gasteiger partial charge is 0.140 e. The molecule has 1 spiro atoms. The molecule has 0 unspecified atom stereocenters. The minimum Gasteiger partial charge on any atom is -0.456 e. The molecule has 1 aliphatic heterocycles. The van der Waals surface area contributed by atoms with Crippen LogP contribution in [-0.2, 0) is 5.41 Å². The lowest BCUT2D eigenvalue weighted by atomic mass is 9.65. The predicted molar refractivity (Wildman–Crippen MR) is 185 cm³/mol. The topological polar surface area (TPSA) is 33.0 Å². The third-order valence-electron chi connectivity index (χ3n) is 9.63. The Balaban J connectivity index is 1.32. The highest BCUT2D eigenvalue weighted by atomic mass is 16.5. The number of hydrogen-bond acceptors (Lipinski definition) is 2. The van der Waals surface area contributed by atoms with Crippen LogP contribution in [-0.4, -0.2) is 0 Å². The Morgan fingerprint density at radius 1 is 0.391 bits per heavy atom. The Morgan fingerprint density at radius 3 is 1.48 bits per heavy atom. The first kappa shape index (κ1) is 26.3. The fourth-order valence-corrected chi connectivity index (χ4v) is 7.74. The zero-order chi connectivity index (χ0) is 30.7. The molecule has 0 atom stereocenters. The van der Waals surface area contributed by atoms with Gasteiger partial charge in [-0.05, 0) is 68.3 Å². The Bertz CT molecular complexity index is 2310. The van der Waals surface area contributed by atoms with Gasteiger partial charge < -0.3 is 4.74 Å². The molecule has 0 N–H and O–H groups in total. The summed E-state index contributed by atoms with van der Waals surface area (Å²) >= 11 is 0. The van der Waals surface area contributed by atoms with Crippen molar-refractivity contribution < 1.29 is 4.74 Å². The van der Waals surface area contributed by atoms with E-state index in [4.69, 9.17) is 4.74 Å². The summed E-state index contributed by atoms with van der Waals surface area (Å²) < 4.78 is 6.98. The van der Waals surface area contributed by atoms with E-state index < -0.39 is 5.41 Å². The fourth-order valence-electron chi connectivity index (χ4n) is 7.74. The first-order chi connectivity index (χ1) is 22.8. The molecule has 0 fully saturated rings. The van der Waals surface area contributed by atoms with Gasteiger partial charge in [0.2, 0.25) is 0 Å². The van der Waals surface area contributed by atoms with E-state index in [-0.39, 0.29) is 0 Å². The Morgan fingerprint density at radius 2 is 0.848 bits per heavy atom. The molecule has 7 aromatic rings. The van der Waals surface area contributed by atoms with Gasteiger partial charge in [-0.1, -0.05) is 146 Å². The number of benzene rings is 7. The summed E-state index contributed by atoms with van der Waals surface area (Å²) in [4.78, 5) is 0. The van der Waals surface area contributed by atoms with Crippen LogP contribution in [0.4, 0.5) is 0 Å². The highest BCUT2D eigenvalue weighted by Gasteiger charge is 2.51. The molecular formula is C44H27NO. The van der Waals surface area contributed by atoms with Gasteiger partial charge in [-0.15, -0.1) is 0 Å². The summed E-state index contributed by atoms with van der Waals surface area (Å²) in [6, 6.07) is 60.0. The maximum atomic E-state index is 9.38. The van der Waals surface area contributed by atoms with Crippen molar-refractivity contribution in [3.63, 3.8) is 0 Å². The number of nitriles is 1. The highest BCUT2D eigenvalue weighted by molar-refractivity contribution is 5.95. The summed E-state index contributed by atoms with van der Waals surface area (Å²) in [5.41, 5.74) is 14.2. The van der Waals surface area contributed by atoms with Crippen LogP contribution >= 0.6 is 0 Å². The van der Waals surface area contributed by atoms with Crippen molar-refractivity contribution in [2.24, 2.45) is 0 Å². The summed E-state index contributed by atoms with van der Waals surface area (Å²) in [5, 5.41) is 9.38. The molecule has 46 heavy (non-hydrogen) atoms. The molecule has 1 aliphatic carbocycles. The van der Waals surface area contributed by atoms with Gasteiger partial charge in [0, 0.05) is 16.7 Å². The Hall–Kier alpha value is -6.17. The minimum absolute atomic E-state index is 0.511. The fraction of sp³-hybridized carbons (Fsp3) is 0.0227. The van der Waals surface area contributed by atoms with Crippen LogP contribution in [0.3, 0.4) is 0 Å². The third kappa shape index (κ3) is 3.63. The van der Waals surface area contributed by atoms with E-state index in [1.54, 1.807) is 0 Å². The zero-order valence-corrected chi connectivity index (χ0v) is 24.9. The molecule has 0 saturated heterocycles. The van der Waals surface area contributed by atoms with Crippen LogP contribution in [0.5, 0.6) is 11.5 Å². The zero-order valence-electron chi connectivity index (χ0n) is 24.9. The van der Waals surface area contributed by atoms with Crippen molar-refractivity contribution in [3.05, 3.63) is 192 Å². The number of hydrogen-bond donors (Lipinski definition) is 0. The number of nitrogens with zero attached hydrogens (tertiary/aromatic N) is 1. The molecule has 0 bridgehead atoms. The first-order valence-electron chi connectivity index (χ1n) is 15.6. The normalized spacial score (nSPS) is 13.1. The van der Waals surface area contributed by atoms with Crippen LogP contribution in [0.25, 0.3) is 44.5 Å². The lowest BCUT2D eigenvalue weighted by Crippen LogP contribution is -2.32. The van der Waals surface area contributed by atoms with Crippen LogP contribution in [0.15, 0.2) is 164 Å². The molecule has 2 heteroatoms. The summed E-state index contributed by atoms with van der Waals surface area (Å²) in [6.45, 7) is 0. The van der Waals surface area contributed by atoms with Crippen LogP contribution in [0, 0.1) is 11.3 Å². The second-order valence-electron chi connectivity index (χ2n) is 11.9. The molecule has 9 rings (SSSR count). The summed E-state index contributed by atoms with van der Waals surface area (Å²) in [5.74, 6) is 1.76. The van der Waals surface area contributed by atoms with E-state index in [1.807, 2.05) is 24.3 Å². The molecule has 0 saturated carbocycles. The lowest BCUT2D eigenvalue weighted by molar-refractivity contribution is 0.438. The molecular weight excluding hydrogens is 558 g/mol. The Labute approximate surface area is 268 Å². The second-order valence-corrected chi connectivity index (χ2v) is 11.9. The molecule has 2 nitrogen and oxygen atoms in total. The lowest BCUT2D eigenvalue weighted by Gasteiger charge is -2.40. The van der Waals surface area contributed by atoms with Gasteiger partial charge in [0.15, 0.2) is 0 Å². The van der Waals surface area contributed by atoms with Crippen molar-refractivity contribution in [2.45, 2.75) is 5.41 Å². The van der Waals surface area contributed by atoms with E-state index >= 15 is 0 Å². The largest absolute Gasteiger partial charge is 0.456 e. The van der Waals surface area contributed by atoms with Crippen molar-refractivity contribution in [2.75, 3.05) is 0 Å². The van der Waals surface area contributed by atoms with Gasteiger partial charge in [0.25, 0.3) is 0 Å². The third-order valence-corrected chi connectivity index (χ3v) is 9.63. The van der Waals surface area contributed by atoms with Gasteiger partial charge in [0.05, 0.1) is 17.0 Å². The number of fused-ring (bicyclic) bond motifs is 9. The van der Waals surface area contributed by atoms with Crippen LogP contribution < -0.4 is 4.74 Å². The molecule has 0 amide bonds. The van der Waals surface area contributed by atoms with Crippen molar-refractivity contribution in [3.8, 4) is 62.1 Å². The quantitative estimate of drug-likeness (QED) is 0.207. The van der Waals surface area contributed by atoms with Crippen LogP contribution in [0.2, 0.25) is 0 Å². The van der Waals surface area contributed by atoms with E-state index in [0.717, 1.165) is 56.0 Å². The predicted octanol–water partition coefficient (Wildman–Crippen LogP) is 11.0. The van der Waals surface area contributed by atoms with Gasteiger partial charge in [-0.3, -0.25) is 0 Å². The van der Waals surface area contributed by atoms with Gasteiger partial charge in [0.1, 0.15) is 11.5 Å². The van der Waals surface area contributed by atoms with E-state index in [0.29, 0.717) is 5.56 Å². The molecule has 0 radical (unpaired) electrons. The van der Waals surface area contributed by atoms with Gasteiger partial charge in [-0.2, -0.15) is 5.26 Å². The molecule has 2 aliphatic rings. The van der Waals surface area contributed by atoms with E-state index in [2.05, 4.69) is 146 Å². The number of rotatable bonds is 3. The van der Waals surface area contributed by atoms with Crippen LogP contribution in [0.1, 0.15) is 27.8 Å². The molecule has 1 heterocycles. The molecule has 214 valence electrons. The highest BCUT2D eigenvalue weighted by Crippen LogP contribution is 2.63. The van der Waals surface area contributed by atoms with Crippen molar-refractivity contribution in [1.29, 1.82) is 5.26 Å². The standard InChI is InChI=1S/C44H27NO/c45-28-29-24-26-30(27-25-29)31-12-1-2-13-32(31)33-14-3-4-15-34(33)37-18-11-22-41-43(37)46-42-23-10-9-21-40(42)44(41)38-19-7-5-16-35(38)36-17-6-8-20-39(36)44/h1-27H. The summed E-state index contributed by atoms with van der Waals surface area (Å²) in [7, 11) is 0. The molecule has 7 aromatic carbocycles. The first-order valence-corrected chi connectivity index (χ1v) is 15.6. The van der Waals surface area contributed by atoms with Crippen molar-refractivity contribution >= 4 is 0 Å². The maximum Gasteiger partial charge on any atom is 0.140 e. The number of ether oxygens (including phenoxy) is 1. The van der Waals surface area contributed by atoms with Gasteiger partial charge >= 0.3 is 0 Å². The van der Waals surface area contributed by atoms with Crippen molar-refractivity contribution in [1.82, 2.24) is 0 Å². The van der Waals surface area contributed by atoms with E-state index in [1.165, 1.54) is 22.3 Å². The Kier molecular flexibility index (Phi) is 5.82. The average Bonchev–Trinajstić information content (AvgIpc) is 3.42.